The summed E-state index contributed by atoms with van der Waals surface area (Å²) in [5, 5.41) is 10.1. The zero-order chi connectivity index (χ0) is 13.1. The van der Waals surface area contributed by atoms with Crippen molar-refractivity contribution in [2.24, 2.45) is 0 Å². The Labute approximate surface area is 109 Å². The molecule has 5 heteroatoms. The highest BCUT2D eigenvalue weighted by molar-refractivity contribution is 6.35. The van der Waals surface area contributed by atoms with Crippen molar-refractivity contribution in [3.63, 3.8) is 0 Å². The fraction of sp³-hybridized carbons (Fsp3) is 0.231. The van der Waals surface area contributed by atoms with E-state index in [1.807, 2.05) is 6.07 Å². The lowest BCUT2D eigenvalue weighted by Crippen LogP contribution is -2.16. The van der Waals surface area contributed by atoms with Gasteiger partial charge in [0.15, 0.2) is 0 Å². The zero-order valence-electron chi connectivity index (χ0n) is 9.76. The Balaban J connectivity index is 2.34. The lowest BCUT2D eigenvalue weighted by molar-refractivity contribution is -0.138. The molecule has 0 amide bonds. The van der Waals surface area contributed by atoms with Crippen LogP contribution < -0.4 is 4.74 Å². The Kier molecular flexibility index (Phi) is 3.67. The van der Waals surface area contributed by atoms with Crippen LogP contribution in [-0.2, 0) is 4.79 Å². The molecule has 18 heavy (non-hydrogen) atoms. The number of benzene rings is 1. The van der Waals surface area contributed by atoms with Gasteiger partial charge in [-0.3, -0.25) is 9.78 Å². The predicted octanol–water partition coefficient (Wildman–Crippen LogP) is 3.13. The molecule has 0 unspecified atom stereocenters. The van der Waals surface area contributed by atoms with Crippen LogP contribution in [0.3, 0.4) is 0 Å². The summed E-state index contributed by atoms with van der Waals surface area (Å²) in [5.74, 6) is -0.350. The van der Waals surface area contributed by atoms with Crippen LogP contribution in [0.5, 0.6) is 5.75 Å². The van der Waals surface area contributed by atoms with Crippen LogP contribution in [0.4, 0.5) is 0 Å². The van der Waals surface area contributed by atoms with Gasteiger partial charge in [-0.2, -0.15) is 0 Å². The van der Waals surface area contributed by atoms with Crippen LogP contribution in [0.1, 0.15) is 13.3 Å². The Morgan fingerprint density at radius 2 is 2.28 bits per heavy atom. The van der Waals surface area contributed by atoms with Crippen molar-refractivity contribution in [3.8, 4) is 5.75 Å². The number of hydrogen-bond donors (Lipinski definition) is 1. The van der Waals surface area contributed by atoms with Gasteiger partial charge in [-0.25, -0.2) is 0 Å². The number of pyridine rings is 1. The Morgan fingerprint density at radius 3 is 3.00 bits per heavy atom. The third kappa shape index (κ3) is 2.71. The number of ether oxygens (including phenoxy) is 1. The summed E-state index contributed by atoms with van der Waals surface area (Å²) in [4.78, 5) is 14.8. The summed E-state index contributed by atoms with van der Waals surface area (Å²) in [6, 6.07) is 7.06. The average molecular weight is 266 g/mol. The largest absolute Gasteiger partial charge is 0.488 e. The van der Waals surface area contributed by atoms with E-state index in [0.717, 1.165) is 5.39 Å². The maximum Gasteiger partial charge on any atom is 0.307 e. The molecule has 2 rings (SSSR count). The second kappa shape index (κ2) is 5.23. The van der Waals surface area contributed by atoms with Gasteiger partial charge >= 0.3 is 5.97 Å². The van der Waals surface area contributed by atoms with Crippen molar-refractivity contribution in [1.29, 1.82) is 0 Å². The molecule has 1 N–H and O–H groups in total. The first-order chi connectivity index (χ1) is 8.58. The highest BCUT2D eigenvalue weighted by atomic mass is 35.5. The molecule has 0 saturated carbocycles. The summed E-state index contributed by atoms with van der Waals surface area (Å²) in [6.45, 7) is 1.71. The zero-order valence-corrected chi connectivity index (χ0v) is 10.5. The van der Waals surface area contributed by atoms with E-state index in [1.54, 1.807) is 31.3 Å². The lowest BCUT2D eigenvalue weighted by Gasteiger charge is -2.14. The first kappa shape index (κ1) is 12.6. The van der Waals surface area contributed by atoms with Crippen molar-refractivity contribution in [2.45, 2.75) is 19.4 Å². The number of carbonyl (C=O) groups is 1. The van der Waals surface area contributed by atoms with Crippen molar-refractivity contribution >= 4 is 28.5 Å². The number of carboxylic acids is 1. The van der Waals surface area contributed by atoms with Gasteiger partial charge in [0, 0.05) is 11.6 Å². The summed E-state index contributed by atoms with van der Waals surface area (Å²) in [5.41, 5.74) is 0.641. The van der Waals surface area contributed by atoms with Gasteiger partial charge in [-0.05, 0) is 31.2 Å². The molecule has 4 nitrogen and oxygen atoms in total. The number of aromatic nitrogens is 1. The minimum absolute atomic E-state index is 0.0586. The molecule has 0 radical (unpaired) electrons. The first-order valence-corrected chi connectivity index (χ1v) is 5.87. The predicted molar refractivity (Wildman–Crippen MR) is 69.1 cm³/mol. The van der Waals surface area contributed by atoms with Gasteiger partial charge in [0.2, 0.25) is 0 Å². The fourth-order valence-electron chi connectivity index (χ4n) is 1.71. The summed E-state index contributed by atoms with van der Waals surface area (Å²) >= 11 is 6.06. The molecule has 0 fully saturated rings. The maximum atomic E-state index is 10.6. The van der Waals surface area contributed by atoms with Gasteiger partial charge in [0.05, 0.1) is 11.4 Å². The van der Waals surface area contributed by atoms with E-state index >= 15 is 0 Å². The van der Waals surface area contributed by atoms with E-state index in [-0.39, 0.29) is 6.42 Å². The van der Waals surface area contributed by atoms with E-state index in [2.05, 4.69) is 4.98 Å². The van der Waals surface area contributed by atoms with Crippen molar-refractivity contribution in [1.82, 2.24) is 4.98 Å². The number of carboxylic acid groups (broad SMARTS) is 1. The lowest BCUT2D eigenvalue weighted by atomic mass is 10.2. The fourth-order valence-corrected chi connectivity index (χ4v) is 1.93. The normalized spacial score (nSPS) is 12.3. The van der Waals surface area contributed by atoms with Crippen molar-refractivity contribution < 1.29 is 14.6 Å². The molecule has 0 aliphatic rings. The van der Waals surface area contributed by atoms with Gasteiger partial charge < -0.3 is 9.84 Å². The minimum Gasteiger partial charge on any atom is -0.488 e. The highest BCUT2D eigenvalue weighted by Crippen LogP contribution is 2.30. The smallest absolute Gasteiger partial charge is 0.307 e. The number of nitrogens with zero attached hydrogens (tertiary/aromatic N) is 1. The first-order valence-electron chi connectivity index (χ1n) is 5.49. The van der Waals surface area contributed by atoms with Crippen LogP contribution in [-0.4, -0.2) is 22.2 Å². The van der Waals surface area contributed by atoms with Crippen LogP contribution >= 0.6 is 11.6 Å². The number of fused-ring (bicyclic) bond motifs is 1. The SMILES string of the molecule is C[C@H](CC(=O)O)Oc1ccc(Cl)c2cccnc12. The van der Waals surface area contributed by atoms with E-state index in [4.69, 9.17) is 21.4 Å². The Bertz CT molecular complexity index is 585. The molecule has 2 aromatic rings. The number of hydrogen-bond acceptors (Lipinski definition) is 3. The third-order valence-electron chi connectivity index (χ3n) is 2.47. The topological polar surface area (TPSA) is 59.4 Å². The van der Waals surface area contributed by atoms with E-state index in [9.17, 15) is 4.79 Å². The second-order valence-electron chi connectivity index (χ2n) is 3.97. The molecule has 0 aliphatic carbocycles. The third-order valence-corrected chi connectivity index (χ3v) is 2.80. The van der Waals surface area contributed by atoms with E-state index < -0.39 is 12.1 Å². The molecule has 1 aromatic heterocycles. The van der Waals surface area contributed by atoms with Crippen LogP contribution in [0.15, 0.2) is 30.5 Å². The average Bonchev–Trinajstić information content (AvgIpc) is 2.32. The Hall–Kier alpha value is -1.81. The molecule has 1 heterocycles. The molecule has 94 valence electrons. The van der Waals surface area contributed by atoms with Gasteiger partial charge in [-0.1, -0.05) is 11.6 Å². The summed E-state index contributed by atoms with van der Waals surface area (Å²) in [7, 11) is 0. The molecular weight excluding hydrogens is 254 g/mol. The molecule has 1 atom stereocenters. The van der Waals surface area contributed by atoms with Gasteiger partial charge in [0.25, 0.3) is 0 Å². The van der Waals surface area contributed by atoms with E-state index in [1.165, 1.54) is 0 Å². The highest BCUT2D eigenvalue weighted by Gasteiger charge is 2.12. The molecule has 0 aliphatic heterocycles. The quantitative estimate of drug-likeness (QED) is 0.923. The molecule has 0 saturated heterocycles. The summed E-state index contributed by atoms with van der Waals surface area (Å²) < 4.78 is 5.59. The molecule has 0 spiro atoms. The summed E-state index contributed by atoms with van der Waals surface area (Å²) in [6.07, 6.45) is 1.17. The monoisotopic (exact) mass is 265 g/mol. The molecule has 1 aromatic carbocycles. The molecule has 0 bridgehead atoms. The Morgan fingerprint density at radius 1 is 1.50 bits per heavy atom. The number of aliphatic carboxylic acids is 1. The second-order valence-corrected chi connectivity index (χ2v) is 4.38. The minimum atomic E-state index is -0.895. The van der Waals surface area contributed by atoms with Gasteiger partial charge in [-0.15, -0.1) is 0 Å². The van der Waals surface area contributed by atoms with Crippen LogP contribution in [0.25, 0.3) is 10.9 Å². The number of rotatable bonds is 4. The van der Waals surface area contributed by atoms with E-state index in [0.29, 0.717) is 16.3 Å². The maximum absolute atomic E-state index is 10.6. The van der Waals surface area contributed by atoms with Gasteiger partial charge in [0.1, 0.15) is 17.4 Å². The number of halogens is 1. The van der Waals surface area contributed by atoms with Crippen LogP contribution in [0, 0.1) is 0 Å². The van der Waals surface area contributed by atoms with Crippen molar-refractivity contribution in [2.75, 3.05) is 0 Å². The van der Waals surface area contributed by atoms with Crippen molar-refractivity contribution in [3.05, 3.63) is 35.5 Å². The molecular formula is C13H12ClNO3. The van der Waals surface area contributed by atoms with Crippen LogP contribution in [0.2, 0.25) is 5.02 Å². The standard InChI is InChI=1S/C13H12ClNO3/c1-8(7-12(16)17)18-11-5-4-10(14)9-3-2-6-15-13(9)11/h2-6,8H,7H2,1H3,(H,16,17)/t8-/m1/s1.